The molecule has 22 heavy (non-hydrogen) atoms. The van der Waals surface area contributed by atoms with Crippen LogP contribution in [0.25, 0.3) is 0 Å². The molecule has 0 amide bonds. The molecule has 1 aromatic heterocycles. The predicted octanol–water partition coefficient (Wildman–Crippen LogP) is 2.09. The molecule has 0 spiro atoms. The van der Waals surface area contributed by atoms with Crippen LogP contribution in [0, 0.1) is 0 Å². The van der Waals surface area contributed by atoms with Crippen LogP contribution in [-0.2, 0) is 13.2 Å². The SMILES string of the molecule is COc1cccc(C2CC(O)CN2Cc2ccc(CO)o2)c1. The van der Waals surface area contributed by atoms with E-state index in [-0.39, 0.29) is 18.8 Å². The molecule has 1 saturated heterocycles. The third-order valence-electron chi connectivity index (χ3n) is 4.09. The van der Waals surface area contributed by atoms with Crippen molar-refractivity contribution in [1.29, 1.82) is 0 Å². The minimum absolute atomic E-state index is 0.0953. The molecule has 1 fully saturated rings. The van der Waals surface area contributed by atoms with Crippen molar-refractivity contribution in [3.8, 4) is 5.75 Å². The molecule has 1 aliphatic rings. The number of aliphatic hydroxyl groups excluding tert-OH is 2. The predicted molar refractivity (Wildman–Crippen MR) is 81.4 cm³/mol. The Morgan fingerprint density at radius 1 is 1.27 bits per heavy atom. The maximum Gasteiger partial charge on any atom is 0.129 e. The molecule has 2 N–H and O–H groups in total. The molecule has 1 aliphatic heterocycles. The van der Waals surface area contributed by atoms with Crippen molar-refractivity contribution in [3.63, 3.8) is 0 Å². The summed E-state index contributed by atoms with van der Waals surface area (Å²) in [5, 5.41) is 19.1. The van der Waals surface area contributed by atoms with Gasteiger partial charge < -0.3 is 19.4 Å². The van der Waals surface area contributed by atoms with E-state index in [4.69, 9.17) is 14.3 Å². The van der Waals surface area contributed by atoms with Gasteiger partial charge in [-0.2, -0.15) is 0 Å². The number of β-amino-alcohol motifs (C(OH)–C–C–N with tert-alkyl or cyclic N) is 1. The largest absolute Gasteiger partial charge is 0.497 e. The number of benzene rings is 1. The van der Waals surface area contributed by atoms with Crippen LogP contribution in [0.15, 0.2) is 40.8 Å². The zero-order chi connectivity index (χ0) is 15.5. The molecule has 0 aliphatic carbocycles. The highest BCUT2D eigenvalue weighted by Crippen LogP contribution is 2.34. The average Bonchev–Trinajstić information content (AvgIpc) is 3.14. The van der Waals surface area contributed by atoms with Crippen molar-refractivity contribution in [3.05, 3.63) is 53.5 Å². The van der Waals surface area contributed by atoms with Crippen molar-refractivity contribution in [2.75, 3.05) is 13.7 Å². The van der Waals surface area contributed by atoms with E-state index >= 15 is 0 Å². The van der Waals surface area contributed by atoms with Gasteiger partial charge in [-0.25, -0.2) is 0 Å². The number of furan rings is 1. The van der Waals surface area contributed by atoms with Gasteiger partial charge in [0, 0.05) is 12.6 Å². The molecule has 2 atom stereocenters. The number of nitrogens with zero attached hydrogens (tertiary/aromatic N) is 1. The van der Waals surface area contributed by atoms with Crippen molar-refractivity contribution in [1.82, 2.24) is 4.90 Å². The van der Waals surface area contributed by atoms with Gasteiger partial charge in [0.05, 0.1) is 19.8 Å². The van der Waals surface area contributed by atoms with Crippen LogP contribution in [0.1, 0.15) is 29.5 Å². The van der Waals surface area contributed by atoms with Crippen LogP contribution in [0.4, 0.5) is 0 Å². The number of rotatable bonds is 5. The zero-order valence-electron chi connectivity index (χ0n) is 12.6. The lowest BCUT2D eigenvalue weighted by atomic mass is 10.0. The molecule has 118 valence electrons. The van der Waals surface area contributed by atoms with E-state index in [0.717, 1.165) is 17.1 Å². The molecule has 5 heteroatoms. The molecule has 2 heterocycles. The van der Waals surface area contributed by atoms with Gasteiger partial charge in [-0.3, -0.25) is 4.90 Å². The van der Waals surface area contributed by atoms with Gasteiger partial charge in [0.15, 0.2) is 0 Å². The van der Waals surface area contributed by atoms with E-state index in [0.29, 0.717) is 25.3 Å². The van der Waals surface area contributed by atoms with Gasteiger partial charge in [0.2, 0.25) is 0 Å². The maximum atomic E-state index is 10.0. The Labute approximate surface area is 129 Å². The van der Waals surface area contributed by atoms with E-state index in [1.54, 1.807) is 13.2 Å². The Bertz CT molecular complexity index is 625. The summed E-state index contributed by atoms with van der Waals surface area (Å²) in [6, 6.07) is 11.7. The lowest BCUT2D eigenvalue weighted by Gasteiger charge is -2.23. The minimum atomic E-state index is -0.344. The Hall–Kier alpha value is -1.82. The second kappa shape index (κ2) is 6.52. The standard InChI is InChI=1S/C17H21NO4/c1-21-14-4-2-3-12(7-14)17-8-13(20)9-18(17)10-15-5-6-16(11-19)22-15/h2-7,13,17,19-20H,8-11H2,1H3. The van der Waals surface area contributed by atoms with Crippen molar-refractivity contribution in [2.45, 2.75) is 31.7 Å². The average molecular weight is 303 g/mol. The van der Waals surface area contributed by atoms with Crippen molar-refractivity contribution >= 4 is 0 Å². The second-order valence-corrected chi connectivity index (χ2v) is 5.64. The van der Waals surface area contributed by atoms with Crippen molar-refractivity contribution < 1.29 is 19.4 Å². The summed E-state index contributed by atoms with van der Waals surface area (Å²) in [6.45, 7) is 1.12. The van der Waals surface area contributed by atoms with Gasteiger partial charge in [0.25, 0.3) is 0 Å². The number of ether oxygens (including phenoxy) is 1. The van der Waals surface area contributed by atoms with Crippen LogP contribution >= 0.6 is 0 Å². The molecule has 0 bridgehead atoms. The summed E-state index contributed by atoms with van der Waals surface area (Å²) in [5.74, 6) is 2.18. The molecule has 2 aromatic rings. The highest BCUT2D eigenvalue weighted by atomic mass is 16.5. The first kappa shape index (κ1) is 15.1. The molecule has 2 unspecified atom stereocenters. The normalized spacial score (nSPS) is 22.1. The summed E-state index contributed by atoms with van der Waals surface area (Å²) in [7, 11) is 1.65. The van der Waals surface area contributed by atoms with Gasteiger partial charge in [-0.1, -0.05) is 12.1 Å². The summed E-state index contributed by atoms with van der Waals surface area (Å²) < 4.78 is 10.8. The van der Waals surface area contributed by atoms with Crippen LogP contribution in [0.5, 0.6) is 5.75 Å². The quantitative estimate of drug-likeness (QED) is 0.885. The van der Waals surface area contributed by atoms with E-state index in [1.165, 1.54) is 0 Å². The van der Waals surface area contributed by atoms with Gasteiger partial charge >= 0.3 is 0 Å². The van der Waals surface area contributed by atoms with E-state index in [9.17, 15) is 5.11 Å². The summed E-state index contributed by atoms with van der Waals surface area (Å²) in [4.78, 5) is 2.19. The highest BCUT2D eigenvalue weighted by Gasteiger charge is 2.32. The van der Waals surface area contributed by atoms with Crippen LogP contribution < -0.4 is 4.74 Å². The molecule has 1 aromatic carbocycles. The van der Waals surface area contributed by atoms with Crippen LogP contribution in [-0.4, -0.2) is 34.9 Å². The van der Waals surface area contributed by atoms with Crippen molar-refractivity contribution in [2.24, 2.45) is 0 Å². The fourth-order valence-corrected chi connectivity index (χ4v) is 3.04. The molecular weight excluding hydrogens is 282 g/mol. The lowest BCUT2D eigenvalue weighted by molar-refractivity contribution is 0.166. The first-order valence-corrected chi connectivity index (χ1v) is 7.44. The monoisotopic (exact) mass is 303 g/mol. The zero-order valence-corrected chi connectivity index (χ0v) is 12.6. The maximum absolute atomic E-state index is 10.0. The Balaban J connectivity index is 1.79. The van der Waals surface area contributed by atoms with E-state index < -0.39 is 0 Å². The number of hydrogen-bond acceptors (Lipinski definition) is 5. The topological polar surface area (TPSA) is 66.1 Å². The Morgan fingerprint density at radius 2 is 2.09 bits per heavy atom. The summed E-state index contributed by atoms with van der Waals surface area (Å²) in [5.41, 5.74) is 1.13. The summed E-state index contributed by atoms with van der Waals surface area (Å²) >= 11 is 0. The van der Waals surface area contributed by atoms with E-state index in [1.807, 2.05) is 24.3 Å². The highest BCUT2D eigenvalue weighted by molar-refractivity contribution is 5.31. The second-order valence-electron chi connectivity index (χ2n) is 5.64. The van der Waals surface area contributed by atoms with Crippen LogP contribution in [0.2, 0.25) is 0 Å². The number of methoxy groups -OCH3 is 1. The first-order valence-electron chi connectivity index (χ1n) is 7.44. The summed E-state index contributed by atoms with van der Waals surface area (Å²) in [6.07, 6.45) is 0.351. The Morgan fingerprint density at radius 3 is 2.82 bits per heavy atom. The number of aliphatic hydroxyl groups is 2. The van der Waals surface area contributed by atoms with Crippen LogP contribution in [0.3, 0.4) is 0 Å². The third kappa shape index (κ3) is 3.16. The number of hydrogen-bond donors (Lipinski definition) is 2. The molecule has 5 nitrogen and oxygen atoms in total. The first-order chi connectivity index (χ1) is 10.7. The van der Waals surface area contributed by atoms with Gasteiger partial charge in [0.1, 0.15) is 23.9 Å². The molecule has 3 rings (SSSR count). The molecule has 0 radical (unpaired) electrons. The minimum Gasteiger partial charge on any atom is -0.497 e. The third-order valence-corrected chi connectivity index (χ3v) is 4.09. The fraction of sp³-hybridized carbons (Fsp3) is 0.412. The molecular formula is C17H21NO4. The van der Waals surface area contributed by atoms with Gasteiger partial charge in [-0.05, 0) is 36.2 Å². The fourth-order valence-electron chi connectivity index (χ4n) is 3.04. The molecule has 0 saturated carbocycles. The van der Waals surface area contributed by atoms with Gasteiger partial charge in [-0.15, -0.1) is 0 Å². The number of likely N-dealkylation sites (tertiary alicyclic amines) is 1. The lowest BCUT2D eigenvalue weighted by Crippen LogP contribution is -2.24. The smallest absolute Gasteiger partial charge is 0.129 e. The van der Waals surface area contributed by atoms with E-state index in [2.05, 4.69) is 11.0 Å². The Kier molecular flexibility index (Phi) is 4.47.